The molecule has 0 saturated carbocycles. The molecule has 0 atom stereocenters. The largest absolute Gasteiger partial charge is 0.336 e. The number of anilines is 2. The lowest BCUT2D eigenvalue weighted by Gasteiger charge is -2.35. The van der Waals surface area contributed by atoms with E-state index in [0.717, 1.165) is 49.5 Å². The minimum atomic E-state index is -0.348. The lowest BCUT2D eigenvalue weighted by molar-refractivity contribution is 0.0631. The maximum Gasteiger partial charge on any atom is 0.253 e. The summed E-state index contributed by atoms with van der Waals surface area (Å²) in [5.74, 6) is 0.125. The van der Waals surface area contributed by atoms with E-state index in [4.69, 9.17) is 21.6 Å². The van der Waals surface area contributed by atoms with Gasteiger partial charge in [-0.25, -0.2) is 14.4 Å². The first-order chi connectivity index (χ1) is 23.0. The SMILES string of the molecule is C.O=C(c1ccc(Nc2ncc3c(n2)-c2ccc(Cl)cc2C(c2ccccc2F)=NC3)cc1)N1CCN(CCCN2CCCCC2)CC1. The molecular formula is C38H43ClFN7O. The third-order valence-corrected chi connectivity index (χ3v) is 9.57. The van der Waals surface area contributed by atoms with Gasteiger partial charge in [0.25, 0.3) is 5.91 Å². The molecule has 3 aliphatic rings. The molecule has 0 unspecified atom stereocenters. The molecule has 4 heterocycles. The molecule has 2 saturated heterocycles. The highest BCUT2D eigenvalue weighted by Crippen LogP contribution is 2.34. The van der Waals surface area contributed by atoms with Crippen LogP contribution in [0, 0.1) is 5.82 Å². The van der Waals surface area contributed by atoms with Crippen molar-refractivity contribution in [1.29, 1.82) is 0 Å². The summed E-state index contributed by atoms with van der Waals surface area (Å²) in [5.41, 5.74) is 5.44. The number of fused-ring (bicyclic) bond motifs is 3. The summed E-state index contributed by atoms with van der Waals surface area (Å²) < 4.78 is 14.9. The van der Waals surface area contributed by atoms with E-state index in [1.807, 2.05) is 35.2 Å². The van der Waals surface area contributed by atoms with Crippen molar-refractivity contribution in [2.45, 2.75) is 39.7 Å². The molecule has 1 aromatic heterocycles. The Morgan fingerprint density at radius 3 is 2.31 bits per heavy atom. The lowest BCUT2D eigenvalue weighted by atomic mass is 9.95. The Kier molecular flexibility index (Phi) is 10.8. The number of aliphatic imine (C=N–C) groups is 1. The van der Waals surface area contributed by atoms with E-state index in [1.165, 1.54) is 51.4 Å². The zero-order valence-corrected chi connectivity index (χ0v) is 27.2. The predicted molar refractivity (Wildman–Crippen MR) is 192 cm³/mol. The van der Waals surface area contributed by atoms with Crippen LogP contribution >= 0.6 is 11.6 Å². The molecule has 0 bridgehead atoms. The van der Waals surface area contributed by atoms with E-state index in [2.05, 4.69) is 20.1 Å². The summed E-state index contributed by atoms with van der Waals surface area (Å²) in [4.78, 5) is 34.5. The number of amides is 1. The number of carbonyl (C=O) groups is 1. The van der Waals surface area contributed by atoms with Gasteiger partial charge in [-0.1, -0.05) is 43.6 Å². The third kappa shape index (κ3) is 7.59. The van der Waals surface area contributed by atoms with Crippen LogP contribution in [0.3, 0.4) is 0 Å². The van der Waals surface area contributed by atoms with Crippen molar-refractivity contribution in [3.8, 4) is 11.3 Å². The van der Waals surface area contributed by atoms with Gasteiger partial charge in [-0.15, -0.1) is 0 Å². The van der Waals surface area contributed by atoms with Gasteiger partial charge in [0.05, 0.1) is 18.0 Å². The quantitative estimate of drug-likeness (QED) is 0.213. The third-order valence-electron chi connectivity index (χ3n) is 9.34. The van der Waals surface area contributed by atoms with Crippen molar-refractivity contribution in [3.05, 3.63) is 106 Å². The highest BCUT2D eigenvalue weighted by atomic mass is 35.5. The second-order valence-corrected chi connectivity index (χ2v) is 12.9. The van der Waals surface area contributed by atoms with Crippen LogP contribution in [-0.2, 0) is 6.54 Å². The topological polar surface area (TPSA) is 77.0 Å². The average Bonchev–Trinajstić information content (AvgIpc) is 3.25. The number of piperazine rings is 1. The van der Waals surface area contributed by atoms with E-state index in [-0.39, 0.29) is 19.2 Å². The van der Waals surface area contributed by atoms with Crippen LogP contribution in [0.25, 0.3) is 11.3 Å². The van der Waals surface area contributed by atoms with Gasteiger partial charge in [0.15, 0.2) is 0 Å². The maximum atomic E-state index is 14.9. The van der Waals surface area contributed by atoms with E-state index >= 15 is 0 Å². The molecule has 7 rings (SSSR count). The molecule has 1 N–H and O–H groups in total. The molecule has 3 aromatic carbocycles. The fourth-order valence-electron chi connectivity index (χ4n) is 6.75. The van der Waals surface area contributed by atoms with Gasteiger partial charge in [0.2, 0.25) is 5.95 Å². The Morgan fingerprint density at radius 1 is 0.833 bits per heavy atom. The monoisotopic (exact) mass is 667 g/mol. The first kappa shape index (κ1) is 33.7. The number of piperidine rings is 1. The zero-order chi connectivity index (χ0) is 32.2. The first-order valence-corrected chi connectivity index (χ1v) is 17.0. The van der Waals surface area contributed by atoms with Crippen LogP contribution in [0.15, 0.2) is 77.9 Å². The molecule has 2 fully saturated rings. The number of carbonyl (C=O) groups excluding carboxylic acids is 1. The van der Waals surface area contributed by atoms with Gasteiger partial charge in [-0.05, 0) is 94.0 Å². The van der Waals surface area contributed by atoms with E-state index in [0.29, 0.717) is 45.6 Å². The molecule has 250 valence electrons. The van der Waals surface area contributed by atoms with Gasteiger partial charge in [0.1, 0.15) is 5.82 Å². The Balaban J connectivity index is 0.00000401. The van der Waals surface area contributed by atoms with Crippen LogP contribution in [0.5, 0.6) is 0 Å². The van der Waals surface area contributed by atoms with Gasteiger partial charge >= 0.3 is 0 Å². The molecule has 1 amide bonds. The molecule has 3 aliphatic heterocycles. The maximum absolute atomic E-state index is 14.9. The normalized spacial score (nSPS) is 16.6. The van der Waals surface area contributed by atoms with Crippen LogP contribution in [-0.4, -0.2) is 88.6 Å². The van der Waals surface area contributed by atoms with Crippen molar-refractivity contribution in [3.63, 3.8) is 0 Å². The first-order valence-electron chi connectivity index (χ1n) is 16.6. The van der Waals surface area contributed by atoms with Gasteiger partial charge < -0.3 is 15.1 Å². The van der Waals surface area contributed by atoms with Crippen molar-refractivity contribution in [2.24, 2.45) is 4.99 Å². The highest BCUT2D eigenvalue weighted by molar-refractivity contribution is 6.31. The molecular weight excluding hydrogens is 625 g/mol. The van der Waals surface area contributed by atoms with Crippen LogP contribution in [0.1, 0.15) is 60.2 Å². The number of nitrogens with one attached hydrogen (secondary N) is 1. The van der Waals surface area contributed by atoms with Crippen molar-refractivity contribution >= 4 is 34.9 Å². The second-order valence-electron chi connectivity index (χ2n) is 12.5. The van der Waals surface area contributed by atoms with Crippen molar-refractivity contribution in [2.75, 3.05) is 57.7 Å². The summed E-state index contributed by atoms with van der Waals surface area (Å²) in [6.07, 6.45) is 6.99. The molecule has 0 spiro atoms. The number of hydrogen-bond acceptors (Lipinski definition) is 7. The van der Waals surface area contributed by atoms with E-state index in [1.54, 1.807) is 36.5 Å². The van der Waals surface area contributed by atoms with Crippen LogP contribution in [0.2, 0.25) is 5.02 Å². The van der Waals surface area contributed by atoms with Crippen LogP contribution < -0.4 is 5.32 Å². The molecule has 0 radical (unpaired) electrons. The standard InChI is InChI=1S/C37H39ClFN7O.CH4/c38-28-11-14-30-32(23-28)35(31-7-2-3-8-33(31)39)40-24-27-25-41-37(43-34(27)30)42-29-12-9-26(10-13-29)36(47)46-21-19-45(20-22-46)18-6-17-44-15-4-1-5-16-44;/h2-3,7-14,23,25H,1,4-6,15-22,24H2,(H,41,42,43);1H4. The molecule has 48 heavy (non-hydrogen) atoms. The van der Waals surface area contributed by atoms with E-state index in [9.17, 15) is 9.18 Å². The number of aromatic nitrogens is 2. The highest BCUT2D eigenvalue weighted by Gasteiger charge is 2.24. The van der Waals surface area contributed by atoms with Gasteiger partial charge in [-0.3, -0.25) is 14.7 Å². The number of hydrogen-bond donors (Lipinski definition) is 1. The Morgan fingerprint density at radius 2 is 1.56 bits per heavy atom. The number of rotatable bonds is 8. The molecule has 4 aromatic rings. The number of nitrogens with zero attached hydrogens (tertiary/aromatic N) is 6. The summed E-state index contributed by atoms with van der Waals surface area (Å²) >= 11 is 6.40. The van der Waals surface area contributed by atoms with E-state index < -0.39 is 0 Å². The number of halogens is 2. The number of benzene rings is 3. The second kappa shape index (κ2) is 15.4. The van der Waals surface area contributed by atoms with Crippen molar-refractivity contribution in [1.82, 2.24) is 24.7 Å². The average molecular weight is 668 g/mol. The Labute approximate surface area is 287 Å². The Bertz CT molecular complexity index is 1770. The predicted octanol–water partition coefficient (Wildman–Crippen LogP) is 7.30. The fourth-order valence-corrected chi connectivity index (χ4v) is 6.92. The zero-order valence-electron chi connectivity index (χ0n) is 26.5. The van der Waals surface area contributed by atoms with Gasteiger partial charge in [-0.2, -0.15) is 0 Å². The lowest BCUT2D eigenvalue weighted by Crippen LogP contribution is -2.49. The minimum Gasteiger partial charge on any atom is -0.336 e. The van der Waals surface area contributed by atoms with Crippen molar-refractivity contribution < 1.29 is 9.18 Å². The summed E-state index contributed by atoms with van der Waals surface area (Å²) in [5, 5.41) is 3.81. The van der Waals surface area contributed by atoms with Gasteiger partial charge in [0, 0.05) is 70.9 Å². The molecule has 8 nitrogen and oxygen atoms in total. The molecule has 10 heteroatoms. The minimum absolute atomic E-state index is 0. The smallest absolute Gasteiger partial charge is 0.253 e. The fraction of sp³-hybridized carbons (Fsp3) is 0.368. The Hall–Kier alpha value is -4.18. The summed E-state index contributed by atoms with van der Waals surface area (Å²) in [7, 11) is 0. The van der Waals surface area contributed by atoms with Crippen LogP contribution in [0.4, 0.5) is 16.0 Å². The molecule has 0 aliphatic carbocycles. The summed E-state index contributed by atoms with van der Waals surface area (Å²) in [6.45, 7) is 8.42. The summed E-state index contributed by atoms with van der Waals surface area (Å²) in [6, 6.07) is 19.6. The number of likely N-dealkylation sites (tertiary alicyclic amines) is 1.